The first kappa shape index (κ1) is 23.7. The number of aliphatic carboxylic acids is 1. The lowest BCUT2D eigenvalue weighted by molar-refractivity contribution is -0.139. The van der Waals surface area contributed by atoms with E-state index in [9.17, 15) is 14.7 Å². The second kappa shape index (κ2) is 9.84. The first-order chi connectivity index (χ1) is 16.2. The van der Waals surface area contributed by atoms with Crippen LogP contribution in [0.15, 0.2) is 66.7 Å². The Morgan fingerprint density at radius 3 is 2.24 bits per heavy atom. The molecule has 34 heavy (non-hydrogen) atoms. The summed E-state index contributed by atoms with van der Waals surface area (Å²) in [5.74, 6) is -1.79. The molecule has 3 aromatic carbocycles. The van der Waals surface area contributed by atoms with E-state index in [-0.39, 0.29) is 22.0 Å². The summed E-state index contributed by atoms with van der Waals surface area (Å²) in [4.78, 5) is 29.4. The maximum Gasteiger partial charge on any atom is 0.326 e. The van der Waals surface area contributed by atoms with E-state index in [0.717, 1.165) is 38.9 Å². The van der Waals surface area contributed by atoms with E-state index in [1.54, 1.807) is 6.07 Å². The van der Waals surface area contributed by atoms with Gasteiger partial charge in [-0.25, -0.2) is 9.78 Å². The summed E-state index contributed by atoms with van der Waals surface area (Å²) in [5.41, 5.74) is 5.93. The van der Waals surface area contributed by atoms with Gasteiger partial charge >= 0.3 is 5.97 Å². The third-order valence-corrected chi connectivity index (χ3v) is 6.35. The number of fused-ring (bicyclic) bond motifs is 1. The largest absolute Gasteiger partial charge is 0.480 e. The average Bonchev–Trinajstić information content (AvgIpc) is 2.78. The van der Waals surface area contributed by atoms with Gasteiger partial charge in [0.1, 0.15) is 6.04 Å². The minimum absolute atomic E-state index is 0.0545. The molecule has 4 rings (SSSR count). The molecule has 0 fully saturated rings. The predicted octanol–water partition coefficient (Wildman–Crippen LogP) is 6.25. The predicted molar refractivity (Wildman–Crippen MR) is 136 cm³/mol. The normalized spacial score (nSPS) is 11.9. The lowest BCUT2D eigenvalue weighted by atomic mass is 9.98. The number of aryl methyl sites for hydroxylation is 2. The minimum atomic E-state index is -1.15. The van der Waals surface area contributed by atoms with Crippen molar-refractivity contribution < 1.29 is 14.7 Å². The highest BCUT2D eigenvalue weighted by Crippen LogP contribution is 2.28. The third kappa shape index (κ3) is 4.91. The molecule has 0 radical (unpaired) electrons. The lowest BCUT2D eigenvalue weighted by Gasteiger charge is -2.16. The van der Waals surface area contributed by atoms with Crippen LogP contribution in [0.5, 0.6) is 0 Å². The van der Waals surface area contributed by atoms with Crippen molar-refractivity contribution in [3.05, 3.63) is 99.0 Å². The number of carbonyl (C=O) groups is 2. The van der Waals surface area contributed by atoms with Crippen molar-refractivity contribution in [2.24, 2.45) is 0 Å². The van der Waals surface area contributed by atoms with Crippen molar-refractivity contribution in [3.63, 3.8) is 0 Å². The van der Waals surface area contributed by atoms with Crippen LogP contribution in [0.2, 0.25) is 10.0 Å². The summed E-state index contributed by atoms with van der Waals surface area (Å²) < 4.78 is 0. The highest BCUT2D eigenvalue weighted by Gasteiger charge is 2.24. The van der Waals surface area contributed by atoms with Crippen LogP contribution in [-0.2, 0) is 11.2 Å². The van der Waals surface area contributed by atoms with Gasteiger partial charge in [0.05, 0.1) is 26.8 Å². The number of nitrogens with zero attached hydrogens (tertiary/aromatic N) is 1. The number of halogens is 2. The summed E-state index contributed by atoms with van der Waals surface area (Å²) >= 11 is 12.2. The summed E-state index contributed by atoms with van der Waals surface area (Å²) in [6.07, 6.45) is 0.0950. The molecule has 4 aromatic rings. The van der Waals surface area contributed by atoms with Gasteiger partial charge < -0.3 is 10.4 Å². The molecule has 0 saturated carbocycles. The molecule has 7 heteroatoms. The topological polar surface area (TPSA) is 79.3 Å². The summed E-state index contributed by atoms with van der Waals surface area (Å²) in [6.45, 7) is 4.13. The number of carbonyl (C=O) groups excluding carboxylic acids is 1. The zero-order valence-electron chi connectivity index (χ0n) is 18.6. The van der Waals surface area contributed by atoms with E-state index < -0.39 is 17.9 Å². The minimum Gasteiger partial charge on any atom is -0.480 e. The second-order valence-corrected chi connectivity index (χ2v) is 8.97. The van der Waals surface area contributed by atoms with Crippen molar-refractivity contribution in [1.82, 2.24) is 10.3 Å². The molecule has 0 aliphatic carbocycles. The van der Waals surface area contributed by atoms with E-state index in [0.29, 0.717) is 0 Å². The fourth-order valence-corrected chi connectivity index (χ4v) is 4.61. The molecule has 0 spiro atoms. The van der Waals surface area contributed by atoms with E-state index >= 15 is 0 Å². The number of aromatic nitrogens is 1. The molecule has 1 unspecified atom stereocenters. The molecular formula is C27H22Cl2N2O3. The highest BCUT2D eigenvalue weighted by molar-refractivity contribution is 6.39. The number of benzene rings is 3. The van der Waals surface area contributed by atoms with E-state index in [1.807, 2.05) is 36.4 Å². The molecule has 0 saturated heterocycles. The summed E-state index contributed by atoms with van der Waals surface area (Å²) in [5, 5.41) is 13.4. The molecule has 172 valence electrons. The smallest absolute Gasteiger partial charge is 0.326 e. The van der Waals surface area contributed by atoms with Crippen molar-refractivity contribution in [3.8, 4) is 11.3 Å². The maximum atomic E-state index is 12.7. The first-order valence-corrected chi connectivity index (χ1v) is 11.4. The van der Waals surface area contributed by atoms with Gasteiger partial charge in [-0.15, -0.1) is 0 Å². The van der Waals surface area contributed by atoms with Gasteiger partial charge in [-0.2, -0.15) is 0 Å². The standard InChI is InChI=1S/C27H22Cl2N2O3/c1-15-5-3-6-16(2)24(15)22-12-10-18-13-17(9-11-21(18)30-22)14-23(27(33)34)31-26(32)25-19(28)7-4-8-20(25)29/h3-13,23H,14H2,1-2H3,(H,31,32)(H,33,34). The Kier molecular flexibility index (Phi) is 6.87. The van der Waals surface area contributed by atoms with Crippen LogP contribution >= 0.6 is 23.2 Å². The Hall–Kier alpha value is -3.41. The fraction of sp³-hybridized carbons (Fsp3) is 0.148. The zero-order valence-corrected chi connectivity index (χ0v) is 20.1. The van der Waals surface area contributed by atoms with Gasteiger partial charge in [0.25, 0.3) is 5.91 Å². The van der Waals surface area contributed by atoms with E-state index in [2.05, 4.69) is 31.3 Å². The number of amides is 1. The molecule has 2 N–H and O–H groups in total. The Labute approximate surface area is 207 Å². The van der Waals surface area contributed by atoms with Gasteiger partial charge in [-0.3, -0.25) is 4.79 Å². The molecule has 0 aliphatic heterocycles. The van der Waals surface area contributed by atoms with Gasteiger partial charge in [-0.1, -0.05) is 59.6 Å². The highest BCUT2D eigenvalue weighted by atomic mass is 35.5. The van der Waals surface area contributed by atoms with Crippen LogP contribution in [0.3, 0.4) is 0 Å². The van der Waals surface area contributed by atoms with Gasteiger partial charge in [0.2, 0.25) is 0 Å². The molecule has 1 aromatic heterocycles. The van der Waals surface area contributed by atoms with Crippen molar-refractivity contribution in [2.75, 3.05) is 0 Å². The Morgan fingerprint density at radius 2 is 1.59 bits per heavy atom. The number of carboxylic acid groups (broad SMARTS) is 1. The van der Waals surface area contributed by atoms with Crippen LogP contribution in [0.25, 0.3) is 22.2 Å². The average molecular weight is 493 g/mol. The molecular weight excluding hydrogens is 471 g/mol. The third-order valence-electron chi connectivity index (χ3n) is 5.72. The van der Waals surface area contributed by atoms with Gasteiger partial charge in [0, 0.05) is 17.4 Å². The van der Waals surface area contributed by atoms with Crippen LogP contribution in [0.1, 0.15) is 27.0 Å². The summed E-state index contributed by atoms with van der Waals surface area (Å²) in [7, 11) is 0. The van der Waals surface area contributed by atoms with Gasteiger partial charge in [-0.05, 0) is 60.9 Å². The van der Waals surface area contributed by atoms with E-state index in [1.165, 1.54) is 12.1 Å². The van der Waals surface area contributed by atoms with Crippen LogP contribution in [0.4, 0.5) is 0 Å². The second-order valence-electron chi connectivity index (χ2n) is 8.16. The number of nitrogens with one attached hydrogen (secondary N) is 1. The number of carboxylic acids is 1. The number of hydrogen-bond donors (Lipinski definition) is 2. The maximum absolute atomic E-state index is 12.7. The quantitative estimate of drug-likeness (QED) is 0.333. The van der Waals surface area contributed by atoms with Crippen molar-refractivity contribution in [2.45, 2.75) is 26.3 Å². The van der Waals surface area contributed by atoms with Crippen molar-refractivity contribution in [1.29, 1.82) is 0 Å². The van der Waals surface area contributed by atoms with Crippen molar-refractivity contribution >= 4 is 46.0 Å². The molecule has 1 amide bonds. The molecule has 0 aliphatic rings. The zero-order chi connectivity index (χ0) is 24.4. The number of rotatable bonds is 6. The molecule has 1 heterocycles. The van der Waals surface area contributed by atoms with Crippen LogP contribution in [0, 0.1) is 13.8 Å². The monoisotopic (exact) mass is 492 g/mol. The van der Waals surface area contributed by atoms with Crippen LogP contribution in [-0.4, -0.2) is 28.0 Å². The fourth-order valence-electron chi connectivity index (χ4n) is 4.04. The first-order valence-electron chi connectivity index (χ1n) is 10.7. The molecule has 5 nitrogen and oxygen atoms in total. The molecule has 1 atom stereocenters. The number of pyridine rings is 1. The van der Waals surface area contributed by atoms with Gasteiger partial charge in [0.15, 0.2) is 0 Å². The Balaban J connectivity index is 1.59. The van der Waals surface area contributed by atoms with E-state index in [4.69, 9.17) is 28.2 Å². The Bertz CT molecular complexity index is 1380. The number of hydrogen-bond acceptors (Lipinski definition) is 3. The summed E-state index contributed by atoms with van der Waals surface area (Å²) in [6, 6.07) is 19.2. The lowest BCUT2D eigenvalue weighted by Crippen LogP contribution is -2.42. The molecule has 0 bridgehead atoms. The SMILES string of the molecule is Cc1cccc(C)c1-c1ccc2cc(CC(NC(=O)c3c(Cl)cccc3Cl)C(=O)O)ccc2n1. The van der Waals surface area contributed by atoms with Crippen LogP contribution < -0.4 is 5.32 Å². The Morgan fingerprint density at radius 1 is 0.941 bits per heavy atom.